The van der Waals surface area contributed by atoms with Gasteiger partial charge in [-0.05, 0) is 18.6 Å². The first kappa shape index (κ1) is 10.6. The number of nitrogens with zero attached hydrogens (tertiary/aromatic N) is 2. The second-order valence-corrected chi connectivity index (χ2v) is 4.91. The number of anilines is 1. The van der Waals surface area contributed by atoms with Crippen LogP contribution < -0.4 is 4.72 Å². The van der Waals surface area contributed by atoms with E-state index in [1.165, 1.54) is 18.6 Å². The number of aryl methyl sites for hydroxylation is 1. The lowest BCUT2D eigenvalue weighted by molar-refractivity contribution is 0.601. The van der Waals surface area contributed by atoms with Crippen LogP contribution in [0.5, 0.6) is 0 Å². The van der Waals surface area contributed by atoms with Crippen LogP contribution >= 0.6 is 0 Å². The Bertz CT molecular complexity index is 577. The molecule has 0 aliphatic rings. The number of aromatic amines is 1. The summed E-state index contributed by atoms with van der Waals surface area (Å²) in [6, 6.07) is 1.60. The van der Waals surface area contributed by atoms with Crippen LogP contribution in [0, 0.1) is 6.92 Å². The van der Waals surface area contributed by atoms with Crippen molar-refractivity contribution >= 4 is 15.7 Å². The average molecular weight is 238 g/mol. The second kappa shape index (κ2) is 3.93. The van der Waals surface area contributed by atoms with Crippen molar-refractivity contribution < 1.29 is 8.42 Å². The maximum Gasteiger partial charge on any atom is 0.265 e. The Morgan fingerprint density at radius 1 is 1.38 bits per heavy atom. The molecule has 0 atom stereocenters. The summed E-state index contributed by atoms with van der Waals surface area (Å²) >= 11 is 0. The van der Waals surface area contributed by atoms with E-state index in [0.29, 0.717) is 5.69 Å². The Morgan fingerprint density at radius 2 is 2.19 bits per heavy atom. The Morgan fingerprint density at radius 3 is 2.81 bits per heavy atom. The number of aromatic nitrogens is 3. The first-order chi connectivity index (χ1) is 7.59. The highest BCUT2D eigenvalue weighted by atomic mass is 32.2. The van der Waals surface area contributed by atoms with Crippen LogP contribution in [0.2, 0.25) is 0 Å². The summed E-state index contributed by atoms with van der Waals surface area (Å²) in [5, 5.41) is 6.05. The summed E-state index contributed by atoms with van der Waals surface area (Å²) in [5.41, 5.74) is 1.27. The van der Waals surface area contributed by atoms with Crippen molar-refractivity contribution in [1.29, 1.82) is 0 Å². The normalized spacial score (nSPS) is 11.3. The van der Waals surface area contributed by atoms with Gasteiger partial charge < -0.3 is 0 Å². The van der Waals surface area contributed by atoms with Gasteiger partial charge in [0.1, 0.15) is 4.90 Å². The predicted octanol–water partition coefficient (Wildman–Crippen LogP) is 0.914. The molecule has 2 rings (SSSR count). The number of hydrogen-bond acceptors (Lipinski definition) is 4. The lowest BCUT2D eigenvalue weighted by atomic mass is 10.3. The van der Waals surface area contributed by atoms with Crippen molar-refractivity contribution in [2.24, 2.45) is 0 Å². The Balaban J connectivity index is 2.33. The third kappa shape index (κ3) is 2.03. The molecule has 2 aromatic heterocycles. The highest BCUT2D eigenvalue weighted by Gasteiger charge is 2.15. The quantitative estimate of drug-likeness (QED) is 0.832. The third-order valence-electron chi connectivity index (χ3n) is 2.05. The number of rotatable bonds is 3. The number of sulfonamides is 1. The molecule has 6 nitrogen and oxygen atoms in total. The molecule has 0 aliphatic heterocycles. The van der Waals surface area contributed by atoms with Crippen molar-refractivity contribution in [3.63, 3.8) is 0 Å². The zero-order valence-electron chi connectivity index (χ0n) is 8.51. The molecule has 0 aliphatic carbocycles. The second-order valence-electron chi connectivity index (χ2n) is 3.23. The van der Waals surface area contributed by atoms with Crippen LogP contribution in [0.3, 0.4) is 0 Å². The minimum absolute atomic E-state index is 0.101. The number of nitrogens with one attached hydrogen (secondary N) is 2. The number of hydrogen-bond donors (Lipinski definition) is 2. The van der Waals surface area contributed by atoms with E-state index >= 15 is 0 Å². The van der Waals surface area contributed by atoms with Gasteiger partial charge >= 0.3 is 0 Å². The fraction of sp³-hybridized carbons (Fsp3) is 0.111. The van der Waals surface area contributed by atoms with Crippen LogP contribution in [-0.2, 0) is 10.0 Å². The van der Waals surface area contributed by atoms with Crippen LogP contribution in [0.4, 0.5) is 5.69 Å². The van der Waals surface area contributed by atoms with Gasteiger partial charge in [-0.25, -0.2) is 8.42 Å². The maximum atomic E-state index is 11.8. The summed E-state index contributed by atoms with van der Waals surface area (Å²) in [6.07, 6.45) is 5.69. The molecule has 7 heteroatoms. The molecule has 0 spiro atoms. The summed E-state index contributed by atoms with van der Waals surface area (Å²) in [6.45, 7) is 1.78. The van der Waals surface area contributed by atoms with E-state index < -0.39 is 10.0 Å². The van der Waals surface area contributed by atoms with E-state index in [2.05, 4.69) is 19.9 Å². The van der Waals surface area contributed by atoms with Gasteiger partial charge in [0.2, 0.25) is 0 Å². The lowest BCUT2D eigenvalue weighted by Gasteiger charge is -2.07. The van der Waals surface area contributed by atoms with Crippen molar-refractivity contribution in [2.45, 2.75) is 11.8 Å². The predicted molar refractivity (Wildman–Crippen MR) is 58.4 cm³/mol. The molecule has 0 unspecified atom stereocenters. The van der Waals surface area contributed by atoms with Crippen LogP contribution in [-0.4, -0.2) is 23.6 Å². The average Bonchev–Trinajstić information content (AvgIpc) is 2.75. The molecule has 0 bridgehead atoms. The number of pyridine rings is 1. The molecule has 2 N–H and O–H groups in total. The Labute approximate surface area is 92.8 Å². The van der Waals surface area contributed by atoms with Gasteiger partial charge in [0.05, 0.1) is 11.9 Å². The van der Waals surface area contributed by atoms with E-state index in [9.17, 15) is 8.42 Å². The lowest BCUT2D eigenvalue weighted by Crippen LogP contribution is -2.13. The first-order valence-corrected chi connectivity index (χ1v) is 6.00. The molecule has 2 heterocycles. The third-order valence-corrected chi connectivity index (χ3v) is 3.38. The monoisotopic (exact) mass is 238 g/mol. The summed E-state index contributed by atoms with van der Waals surface area (Å²) in [5.74, 6) is 0. The van der Waals surface area contributed by atoms with E-state index in [1.54, 1.807) is 19.2 Å². The zero-order chi connectivity index (χ0) is 11.6. The van der Waals surface area contributed by atoms with E-state index in [1.807, 2.05) is 0 Å². The van der Waals surface area contributed by atoms with E-state index in [4.69, 9.17) is 0 Å². The molecule has 84 valence electrons. The minimum Gasteiger partial charge on any atom is -0.284 e. The first-order valence-electron chi connectivity index (χ1n) is 4.52. The van der Waals surface area contributed by atoms with Gasteiger partial charge in [-0.2, -0.15) is 5.10 Å². The molecular formula is C9H10N4O2S. The minimum atomic E-state index is -3.56. The van der Waals surface area contributed by atoms with Crippen LogP contribution in [0.25, 0.3) is 0 Å². The van der Waals surface area contributed by atoms with Crippen molar-refractivity contribution in [1.82, 2.24) is 15.2 Å². The summed E-state index contributed by atoms with van der Waals surface area (Å²) in [7, 11) is -3.56. The standard InChI is InChI=1S/C9H10N4O2S/c1-7-4-10-3-2-9(7)13-16(14,15)8-5-11-12-6-8/h2-6H,1H3,(H,10,13)(H,11,12). The largest absolute Gasteiger partial charge is 0.284 e. The number of H-pyrrole nitrogens is 1. The molecule has 0 fully saturated rings. The molecular weight excluding hydrogens is 228 g/mol. The smallest absolute Gasteiger partial charge is 0.265 e. The molecule has 2 aromatic rings. The van der Waals surface area contributed by atoms with Gasteiger partial charge in [-0.1, -0.05) is 0 Å². The highest BCUT2D eigenvalue weighted by molar-refractivity contribution is 7.92. The maximum absolute atomic E-state index is 11.8. The fourth-order valence-corrected chi connectivity index (χ4v) is 2.21. The molecule has 0 aromatic carbocycles. The topological polar surface area (TPSA) is 87.7 Å². The summed E-state index contributed by atoms with van der Waals surface area (Å²) in [4.78, 5) is 3.98. The van der Waals surface area contributed by atoms with Gasteiger partial charge in [0.25, 0.3) is 10.0 Å². The molecule has 0 saturated heterocycles. The SMILES string of the molecule is Cc1cnccc1NS(=O)(=O)c1cn[nH]c1. The zero-order valence-corrected chi connectivity index (χ0v) is 9.32. The van der Waals surface area contributed by atoms with Crippen LogP contribution in [0.15, 0.2) is 35.7 Å². The van der Waals surface area contributed by atoms with E-state index in [-0.39, 0.29) is 4.90 Å². The van der Waals surface area contributed by atoms with Crippen molar-refractivity contribution in [2.75, 3.05) is 4.72 Å². The van der Waals surface area contributed by atoms with Crippen LogP contribution in [0.1, 0.15) is 5.56 Å². The highest BCUT2D eigenvalue weighted by Crippen LogP contribution is 2.17. The Hall–Kier alpha value is -1.89. The molecule has 0 amide bonds. The van der Waals surface area contributed by atoms with Gasteiger partial charge in [-0.15, -0.1) is 0 Å². The Kier molecular flexibility index (Phi) is 2.61. The van der Waals surface area contributed by atoms with Gasteiger partial charge in [-0.3, -0.25) is 14.8 Å². The van der Waals surface area contributed by atoms with Gasteiger partial charge in [0, 0.05) is 18.6 Å². The fourth-order valence-electron chi connectivity index (χ4n) is 1.18. The summed E-state index contributed by atoms with van der Waals surface area (Å²) < 4.78 is 26.1. The van der Waals surface area contributed by atoms with E-state index in [0.717, 1.165) is 5.56 Å². The van der Waals surface area contributed by atoms with Crippen molar-refractivity contribution in [3.8, 4) is 0 Å². The van der Waals surface area contributed by atoms with Crippen molar-refractivity contribution in [3.05, 3.63) is 36.4 Å². The molecule has 0 radical (unpaired) electrons. The van der Waals surface area contributed by atoms with Gasteiger partial charge in [0.15, 0.2) is 0 Å². The molecule has 16 heavy (non-hydrogen) atoms. The molecule has 0 saturated carbocycles.